The van der Waals surface area contributed by atoms with Crippen LogP contribution in [0.4, 0.5) is 0 Å². The van der Waals surface area contributed by atoms with Crippen molar-refractivity contribution in [3.63, 3.8) is 0 Å². The molecule has 0 fully saturated rings. The van der Waals surface area contributed by atoms with Crippen LogP contribution >= 0.6 is 23.2 Å². The number of rotatable bonds is 0. The summed E-state index contributed by atoms with van der Waals surface area (Å²) < 4.78 is 0. The molecular formula is C11H12Cl2N2. The molecule has 0 bridgehead atoms. The molecule has 2 aromatic rings. The Morgan fingerprint density at radius 2 is 1.73 bits per heavy atom. The fourth-order valence-corrected chi connectivity index (χ4v) is 1.68. The van der Waals surface area contributed by atoms with Crippen molar-refractivity contribution < 1.29 is 0 Å². The number of benzene rings is 1. The number of H-pyrrole nitrogens is 1. The van der Waals surface area contributed by atoms with Gasteiger partial charge in [-0.1, -0.05) is 44.0 Å². The van der Waals surface area contributed by atoms with Gasteiger partial charge in [0.1, 0.15) is 5.82 Å². The molecule has 0 atom stereocenters. The first-order valence-electron chi connectivity index (χ1n) is 4.73. The van der Waals surface area contributed by atoms with E-state index in [4.69, 9.17) is 23.2 Å². The molecular weight excluding hydrogens is 231 g/mol. The second-order valence-corrected chi connectivity index (χ2v) is 5.43. The average Bonchev–Trinajstić information content (AvgIpc) is 2.47. The molecule has 1 N–H and O–H groups in total. The maximum atomic E-state index is 5.93. The predicted octanol–water partition coefficient (Wildman–Crippen LogP) is 4.17. The summed E-state index contributed by atoms with van der Waals surface area (Å²) in [5.74, 6) is 0.941. The van der Waals surface area contributed by atoms with Crippen LogP contribution in [-0.4, -0.2) is 9.97 Å². The highest BCUT2D eigenvalue weighted by Gasteiger charge is 2.18. The van der Waals surface area contributed by atoms with Gasteiger partial charge >= 0.3 is 0 Å². The number of fused-ring (bicyclic) bond motifs is 1. The van der Waals surface area contributed by atoms with E-state index in [2.05, 4.69) is 30.7 Å². The fraction of sp³-hybridized carbons (Fsp3) is 0.364. The number of halogens is 2. The Morgan fingerprint density at radius 1 is 1.13 bits per heavy atom. The fourth-order valence-electron chi connectivity index (χ4n) is 1.36. The van der Waals surface area contributed by atoms with Crippen molar-refractivity contribution in [3.8, 4) is 0 Å². The van der Waals surface area contributed by atoms with E-state index < -0.39 is 0 Å². The quantitative estimate of drug-likeness (QED) is 0.739. The van der Waals surface area contributed by atoms with E-state index in [1.807, 2.05) is 6.07 Å². The van der Waals surface area contributed by atoms with E-state index >= 15 is 0 Å². The molecule has 2 rings (SSSR count). The van der Waals surface area contributed by atoms with Crippen molar-refractivity contribution in [2.45, 2.75) is 26.2 Å². The minimum Gasteiger partial charge on any atom is -0.341 e. The molecule has 0 spiro atoms. The summed E-state index contributed by atoms with van der Waals surface area (Å²) >= 11 is 11.9. The van der Waals surface area contributed by atoms with Gasteiger partial charge in [-0.05, 0) is 12.1 Å². The second kappa shape index (κ2) is 3.39. The summed E-state index contributed by atoms with van der Waals surface area (Å²) in [6, 6.07) is 3.59. The smallest absolute Gasteiger partial charge is 0.112 e. The van der Waals surface area contributed by atoms with E-state index in [0.29, 0.717) is 10.0 Å². The standard InChI is InChI=1S/C11H12Cl2N2/c1-11(2,3)10-14-8-4-6(12)7(13)5-9(8)15-10/h4-5H,1-3H3,(H,14,15). The number of aromatic amines is 1. The maximum Gasteiger partial charge on any atom is 0.112 e. The molecule has 0 aliphatic heterocycles. The first kappa shape index (κ1) is 10.8. The second-order valence-electron chi connectivity index (χ2n) is 4.62. The van der Waals surface area contributed by atoms with Crippen LogP contribution in [0.1, 0.15) is 26.6 Å². The molecule has 1 aromatic heterocycles. The van der Waals surface area contributed by atoms with Gasteiger partial charge in [0, 0.05) is 5.41 Å². The Hall–Kier alpha value is -0.730. The van der Waals surface area contributed by atoms with Gasteiger partial charge in [0.2, 0.25) is 0 Å². The minimum absolute atomic E-state index is 0.00201. The monoisotopic (exact) mass is 242 g/mol. The van der Waals surface area contributed by atoms with E-state index in [1.54, 1.807) is 6.07 Å². The number of nitrogens with one attached hydrogen (secondary N) is 1. The number of hydrogen-bond acceptors (Lipinski definition) is 1. The lowest BCUT2D eigenvalue weighted by atomic mass is 9.96. The molecule has 0 unspecified atom stereocenters. The molecule has 0 saturated carbocycles. The molecule has 0 aliphatic rings. The molecule has 2 nitrogen and oxygen atoms in total. The highest BCUT2D eigenvalue weighted by atomic mass is 35.5. The topological polar surface area (TPSA) is 28.7 Å². The molecule has 0 saturated heterocycles. The lowest BCUT2D eigenvalue weighted by Gasteiger charge is -2.13. The SMILES string of the molecule is CC(C)(C)c1nc2cc(Cl)c(Cl)cc2[nH]1. The largest absolute Gasteiger partial charge is 0.341 e. The summed E-state index contributed by atoms with van der Waals surface area (Å²) in [5, 5.41) is 1.09. The van der Waals surface area contributed by atoms with Crippen LogP contribution < -0.4 is 0 Å². The van der Waals surface area contributed by atoms with Gasteiger partial charge in [-0.25, -0.2) is 4.98 Å². The van der Waals surface area contributed by atoms with E-state index in [0.717, 1.165) is 16.9 Å². The third-order valence-corrected chi connectivity index (χ3v) is 2.96. The zero-order valence-corrected chi connectivity index (χ0v) is 10.4. The first-order chi connectivity index (χ1) is 6.88. The van der Waals surface area contributed by atoms with Crippen molar-refractivity contribution in [1.82, 2.24) is 9.97 Å². The van der Waals surface area contributed by atoms with Crippen molar-refractivity contribution in [2.24, 2.45) is 0 Å². The Kier molecular flexibility index (Phi) is 2.44. The molecule has 1 heterocycles. The molecule has 80 valence electrons. The van der Waals surface area contributed by atoms with Crippen molar-refractivity contribution in [3.05, 3.63) is 28.0 Å². The maximum absolute atomic E-state index is 5.93. The Morgan fingerprint density at radius 3 is 2.33 bits per heavy atom. The van der Waals surface area contributed by atoms with Gasteiger partial charge in [-0.3, -0.25) is 0 Å². The third kappa shape index (κ3) is 1.97. The van der Waals surface area contributed by atoms with Gasteiger partial charge < -0.3 is 4.98 Å². The summed E-state index contributed by atoms with van der Waals surface area (Å²) in [6.45, 7) is 6.32. The Bertz CT molecular complexity index is 470. The first-order valence-corrected chi connectivity index (χ1v) is 5.49. The van der Waals surface area contributed by atoms with Crippen LogP contribution in [0.2, 0.25) is 10.0 Å². The molecule has 0 radical (unpaired) electrons. The number of hydrogen-bond donors (Lipinski definition) is 1. The van der Waals surface area contributed by atoms with Crippen LogP contribution in [0.25, 0.3) is 11.0 Å². The zero-order chi connectivity index (χ0) is 11.2. The van der Waals surface area contributed by atoms with Gasteiger partial charge in [0.15, 0.2) is 0 Å². The van der Waals surface area contributed by atoms with Crippen LogP contribution in [0.15, 0.2) is 12.1 Å². The zero-order valence-electron chi connectivity index (χ0n) is 8.86. The lowest BCUT2D eigenvalue weighted by Crippen LogP contribution is -2.12. The molecule has 15 heavy (non-hydrogen) atoms. The van der Waals surface area contributed by atoms with Gasteiger partial charge in [0.25, 0.3) is 0 Å². The van der Waals surface area contributed by atoms with Crippen LogP contribution in [0.3, 0.4) is 0 Å². The van der Waals surface area contributed by atoms with E-state index in [9.17, 15) is 0 Å². The van der Waals surface area contributed by atoms with Gasteiger partial charge in [-0.2, -0.15) is 0 Å². The number of aromatic nitrogens is 2. The third-order valence-electron chi connectivity index (χ3n) is 2.23. The number of imidazole rings is 1. The molecule has 1 aromatic carbocycles. The Balaban J connectivity index is 2.66. The van der Waals surface area contributed by atoms with Gasteiger partial charge in [-0.15, -0.1) is 0 Å². The van der Waals surface area contributed by atoms with Crippen molar-refractivity contribution in [2.75, 3.05) is 0 Å². The van der Waals surface area contributed by atoms with Crippen LogP contribution in [0.5, 0.6) is 0 Å². The summed E-state index contributed by atoms with van der Waals surface area (Å²) in [4.78, 5) is 7.74. The molecule has 0 amide bonds. The molecule has 4 heteroatoms. The van der Waals surface area contributed by atoms with Gasteiger partial charge in [0.05, 0.1) is 21.1 Å². The predicted molar refractivity (Wildman–Crippen MR) is 64.8 cm³/mol. The summed E-state index contributed by atoms with van der Waals surface area (Å²) in [5.41, 5.74) is 1.78. The molecule has 0 aliphatic carbocycles. The highest BCUT2D eigenvalue weighted by molar-refractivity contribution is 6.42. The minimum atomic E-state index is -0.00201. The van der Waals surface area contributed by atoms with Crippen LogP contribution in [0, 0.1) is 0 Å². The van der Waals surface area contributed by atoms with E-state index in [1.165, 1.54) is 0 Å². The van der Waals surface area contributed by atoms with Crippen LogP contribution in [-0.2, 0) is 5.41 Å². The Labute approximate surface area is 98.6 Å². The summed E-state index contributed by atoms with van der Waals surface area (Å²) in [6.07, 6.45) is 0. The average molecular weight is 243 g/mol. The van der Waals surface area contributed by atoms with Crippen molar-refractivity contribution in [1.29, 1.82) is 0 Å². The lowest BCUT2D eigenvalue weighted by molar-refractivity contribution is 0.554. The number of nitrogens with zero attached hydrogens (tertiary/aromatic N) is 1. The van der Waals surface area contributed by atoms with E-state index in [-0.39, 0.29) is 5.41 Å². The highest BCUT2D eigenvalue weighted by Crippen LogP contribution is 2.29. The normalized spacial score (nSPS) is 12.3. The summed E-state index contributed by atoms with van der Waals surface area (Å²) in [7, 11) is 0. The van der Waals surface area contributed by atoms with Crippen molar-refractivity contribution >= 4 is 34.2 Å².